The monoisotopic (exact) mass is 300 g/mol. The second-order valence-corrected chi connectivity index (χ2v) is 5.75. The van der Waals surface area contributed by atoms with E-state index in [-0.39, 0.29) is 11.5 Å². The van der Waals surface area contributed by atoms with E-state index >= 15 is 0 Å². The molecule has 1 aliphatic rings. The van der Waals surface area contributed by atoms with Gasteiger partial charge < -0.3 is 9.64 Å². The summed E-state index contributed by atoms with van der Waals surface area (Å²) in [5.74, 6) is -0.101. The number of piperidine rings is 1. The Morgan fingerprint density at radius 1 is 1.36 bits per heavy atom. The van der Waals surface area contributed by atoms with Crippen LogP contribution in [0.15, 0.2) is 24.3 Å². The third-order valence-corrected chi connectivity index (χ3v) is 3.95. The fourth-order valence-electron chi connectivity index (χ4n) is 2.48. The van der Waals surface area contributed by atoms with Crippen molar-refractivity contribution in [3.63, 3.8) is 0 Å². The normalized spacial score (nSPS) is 16.7. The summed E-state index contributed by atoms with van der Waals surface area (Å²) < 4.78 is 5.24. The van der Waals surface area contributed by atoms with Gasteiger partial charge in [-0.3, -0.25) is 4.79 Å². The van der Waals surface area contributed by atoms with Crippen LogP contribution < -0.4 is 0 Å². The molecule has 1 fully saturated rings. The molecule has 116 valence electrons. The Labute approximate surface area is 130 Å². The average molecular weight is 300 g/mol. The van der Waals surface area contributed by atoms with Gasteiger partial charge in [-0.25, -0.2) is 4.79 Å². The van der Waals surface area contributed by atoms with E-state index in [0.717, 1.165) is 12.8 Å². The predicted octanol–water partition coefficient (Wildman–Crippen LogP) is 2.36. The molecule has 1 saturated heterocycles. The fourth-order valence-corrected chi connectivity index (χ4v) is 2.48. The summed E-state index contributed by atoms with van der Waals surface area (Å²) >= 11 is 0. The number of benzene rings is 1. The largest absolute Gasteiger partial charge is 0.449 e. The highest BCUT2D eigenvalue weighted by Crippen LogP contribution is 2.17. The molecule has 1 aromatic rings. The van der Waals surface area contributed by atoms with Gasteiger partial charge in [0.15, 0.2) is 6.10 Å². The highest BCUT2D eigenvalue weighted by atomic mass is 16.5. The Morgan fingerprint density at radius 2 is 2.05 bits per heavy atom. The van der Waals surface area contributed by atoms with Crippen LogP contribution in [-0.2, 0) is 9.53 Å². The smallest absolute Gasteiger partial charge is 0.338 e. The molecular formula is C17H20N2O3. The molecule has 2 rings (SSSR count). The summed E-state index contributed by atoms with van der Waals surface area (Å²) in [6.07, 6.45) is 1.15. The molecule has 0 saturated carbocycles. The molecule has 1 atom stereocenters. The predicted molar refractivity (Wildman–Crippen MR) is 81.0 cm³/mol. The lowest BCUT2D eigenvalue weighted by atomic mass is 9.99. The lowest BCUT2D eigenvalue weighted by molar-refractivity contribution is -0.141. The number of carbonyl (C=O) groups excluding carboxylic acids is 2. The first kappa shape index (κ1) is 16.0. The fraction of sp³-hybridized carbons (Fsp3) is 0.471. The van der Waals surface area contributed by atoms with Gasteiger partial charge in [-0.1, -0.05) is 13.0 Å². The first-order valence-electron chi connectivity index (χ1n) is 7.51. The highest BCUT2D eigenvalue weighted by molar-refractivity contribution is 5.92. The summed E-state index contributed by atoms with van der Waals surface area (Å²) in [5, 5.41) is 8.84. The summed E-state index contributed by atoms with van der Waals surface area (Å²) in [7, 11) is 0. The minimum absolute atomic E-state index is 0.156. The second kappa shape index (κ2) is 7.08. The standard InChI is InChI=1S/C17H20N2O3/c1-12-6-8-19(9-7-12)16(20)13(2)22-17(21)15-5-3-4-14(10-15)11-18/h3-5,10,12-13H,6-9H2,1-2H3. The van der Waals surface area contributed by atoms with Crippen LogP contribution in [0.2, 0.25) is 0 Å². The number of carbonyl (C=O) groups is 2. The highest BCUT2D eigenvalue weighted by Gasteiger charge is 2.27. The Kier molecular flexibility index (Phi) is 5.16. The summed E-state index contributed by atoms with van der Waals surface area (Å²) in [4.78, 5) is 26.1. The van der Waals surface area contributed by atoms with E-state index in [1.54, 1.807) is 30.0 Å². The SMILES string of the molecule is CC1CCN(C(=O)C(C)OC(=O)c2cccc(C#N)c2)CC1. The van der Waals surface area contributed by atoms with Crippen LogP contribution in [0.5, 0.6) is 0 Å². The van der Waals surface area contributed by atoms with Crippen molar-refractivity contribution in [3.8, 4) is 6.07 Å². The van der Waals surface area contributed by atoms with Gasteiger partial charge in [0.1, 0.15) is 0 Å². The molecule has 1 aliphatic heterocycles. The van der Waals surface area contributed by atoms with Crippen LogP contribution in [0, 0.1) is 17.2 Å². The molecule has 5 nitrogen and oxygen atoms in total. The van der Waals surface area contributed by atoms with Gasteiger partial charge in [-0.2, -0.15) is 5.26 Å². The van der Waals surface area contributed by atoms with Crippen molar-refractivity contribution < 1.29 is 14.3 Å². The number of hydrogen-bond donors (Lipinski definition) is 0. The number of esters is 1. The quantitative estimate of drug-likeness (QED) is 0.803. The summed E-state index contributed by atoms with van der Waals surface area (Å²) in [6.45, 7) is 5.19. The zero-order valence-electron chi connectivity index (χ0n) is 12.9. The van der Waals surface area contributed by atoms with E-state index in [2.05, 4.69) is 6.92 Å². The van der Waals surface area contributed by atoms with Crippen molar-refractivity contribution >= 4 is 11.9 Å². The molecular weight excluding hydrogens is 280 g/mol. The van der Waals surface area contributed by atoms with Crippen molar-refractivity contribution in [2.75, 3.05) is 13.1 Å². The lowest BCUT2D eigenvalue weighted by Crippen LogP contribution is -2.44. The van der Waals surface area contributed by atoms with Crippen molar-refractivity contribution in [1.82, 2.24) is 4.90 Å². The van der Waals surface area contributed by atoms with Crippen LogP contribution in [-0.4, -0.2) is 36.0 Å². The first-order chi connectivity index (χ1) is 10.5. The van der Waals surface area contributed by atoms with Crippen LogP contribution in [0.1, 0.15) is 42.6 Å². The van der Waals surface area contributed by atoms with Crippen molar-refractivity contribution in [2.24, 2.45) is 5.92 Å². The van der Waals surface area contributed by atoms with Gasteiger partial charge in [0.25, 0.3) is 5.91 Å². The maximum absolute atomic E-state index is 12.3. The van der Waals surface area contributed by atoms with Gasteiger partial charge in [-0.15, -0.1) is 0 Å². The van der Waals surface area contributed by atoms with E-state index in [0.29, 0.717) is 24.6 Å². The van der Waals surface area contributed by atoms with E-state index in [1.165, 1.54) is 6.07 Å². The Hall–Kier alpha value is -2.35. The van der Waals surface area contributed by atoms with Gasteiger partial charge in [0.05, 0.1) is 17.2 Å². The van der Waals surface area contributed by atoms with Crippen LogP contribution in [0.3, 0.4) is 0 Å². The molecule has 0 spiro atoms. The van der Waals surface area contributed by atoms with E-state index in [4.69, 9.17) is 10.00 Å². The number of rotatable bonds is 3. The molecule has 1 aromatic carbocycles. The zero-order chi connectivity index (χ0) is 16.1. The van der Waals surface area contributed by atoms with Gasteiger partial charge >= 0.3 is 5.97 Å². The van der Waals surface area contributed by atoms with Crippen LogP contribution in [0.25, 0.3) is 0 Å². The molecule has 0 bridgehead atoms. The Morgan fingerprint density at radius 3 is 2.68 bits per heavy atom. The second-order valence-electron chi connectivity index (χ2n) is 5.75. The molecule has 0 aromatic heterocycles. The van der Waals surface area contributed by atoms with Gasteiger partial charge in [-0.05, 0) is 43.9 Å². The minimum Gasteiger partial charge on any atom is -0.449 e. The van der Waals surface area contributed by atoms with Gasteiger partial charge in [0, 0.05) is 13.1 Å². The van der Waals surface area contributed by atoms with Crippen LogP contribution >= 0.6 is 0 Å². The Bertz CT molecular complexity index is 598. The van der Waals surface area contributed by atoms with E-state index in [1.807, 2.05) is 6.07 Å². The first-order valence-corrected chi connectivity index (χ1v) is 7.51. The number of nitriles is 1. The van der Waals surface area contributed by atoms with Crippen LogP contribution in [0.4, 0.5) is 0 Å². The lowest BCUT2D eigenvalue weighted by Gasteiger charge is -2.31. The average Bonchev–Trinajstić information content (AvgIpc) is 2.54. The van der Waals surface area contributed by atoms with Gasteiger partial charge in [0.2, 0.25) is 0 Å². The zero-order valence-corrected chi connectivity index (χ0v) is 12.9. The van der Waals surface area contributed by atoms with E-state index < -0.39 is 12.1 Å². The molecule has 22 heavy (non-hydrogen) atoms. The minimum atomic E-state index is -0.813. The number of hydrogen-bond acceptors (Lipinski definition) is 4. The molecule has 0 N–H and O–H groups in total. The van der Waals surface area contributed by atoms with E-state index in [9.17, 15) is 9.59 Å². The molecule has 1 unspecified atom stereocenters. The molecule has 1 heterocycles. The summed E-state index contributed by atoms with van der Waals surface area (Å²) in [5.41, 5.74) is 0.671. The van der Waals surface area contributed by atoms with Crippen molar-refractivity contribution in [3.05, 3.63) is 35.4 Å². The number of likely N-dealkylation sites (tertiary alicyclic amines) is 1. The van der Waals surface area contributed by atoms with Crippen molar-refractivity contribution in [1.29, 1.82) is 5.26 Å². The maximum atomic E-state index is 12.3. The topological polar surface area (TPSA) is 70.4 Å². The molecule has 1 amide bonds. The molecule has 0 aliphatic carbocycles. The molecule has 0 radical (unpaired) electrons. The Balaban J connectivity index is 1.96. The van der Waals surface area contributed by atoms with Crippen molar-refractivity contribution in [2.45, 2.75) is 32.8 Å². The maximum Gasteiger partial charge on any atom is 0.338 e. The summed E-state index contributed by atoms with van der Waals surface area (Å²) in [6, 6.07) is 8.23. The third-order valence-electron chi connectivity index (χ3n) is 3.95. The molecule has 5 heteroatoms. The number of ether oxygens (including phenoxy) is 1. The number of nitrogens with zero attached hydrogens (tertiary/aromatic N) is 2. The third kappa shape index (κ3) is 3.85. The number of amides is 1.